The van der Waals surface area contributed by atoms with Gasteiger partial charge in [-0.3, -0.25) is 0 Å². The van der Waals surface area contributed by atoms with Crippen LogP contribution < -0.4 is 10.1 Å². The number of halogens is 2. The molecule has 0 aliphatic heterocycles. The molecule has 0 amide bonds. The standard InChI is InChI=1S/C12H17BrFNO/c1-3-15-7-9(2)8-16-12-5-4-10(13)6-11(12)14/h4-6,9,15H,3,7-8H2,1-2H3. The largest absolute Gasteiger partial charge is 0.490 e. The highest BCUT2D eigenvalue weighted by Gasteiger charge is 2.06. The number of benzene rings is 1. The summed E-state index contributed by atoms with van der Waals surface area (Å²) in [5, 5.41) is 3.23. The zero-order valence-corrected chi connectivity index (χ0v) is 11.2. The molecule has 4 heteroatoms. The second kappa shape index (κ2) is 6.86. The van der Waals surface area contributed by atoms with Gasteiger partial charge >= 0.3 is 0 Å². The van der Waals surface area contributed by atoms with Crippen LogP contribution in [-0.2, 0) is 0 Å². The van der Waals surface area contributed by atoms with Gasteiger partial charge in [0.2, 0.25) is 0 Å². The maximum Gasteiger partial charge on any atom is 0.166 e. The Morgan fingerprint density at radius 1 is 1.50 bits per heavy atom. The van der Waals surface area contributed by atoms with Crippen molar-refractivity contribution in [2.24, 2.45) is 5.92 Å². The molecule has 0 heterocycles. The Kier molecular flexibility index (Phi) is 5.77. The first-order valence-corrected chi connectivity index (χ1v) is 6.21. The Labute approximate surface area is 104 Å². The number of ether oxygens (including phenoxy) is 1. The van der Waals surface area contributed by atoms with Crippen molar-refractivity contribution < 1.29 is 9.13 Å². The van der Waals surface area contributed by atoms with Crippen LogP contribution in [0.15, 0.2) is 22.7 Å². The highest BCUT2D eigenvalue weighted by molar-refractivity contribution is 9.10. The number of rotatable bonds is 6. The molecule has 1 rings (SSSR count). The summed E-state index contributed by atoms with van der Waals surface area (Å²) in [5.74, 6) is 0.347. The quantitative estimate of drug-likeness (QED) is 0.868. The third-order valence-electron chi connectivity index (χ3n) is 2.16. The van der Waals surface area contributed by atoms with E-state index in [2.05, 4.69) is 35.1 Å². The van der Waals surface area contributed by atoms with Crippen LogP contribution in [0.4, 0.5) is 4.39 Å². The normalized spacial score (nSPS) is 12.5. The van der Waals surface area contributed by atoms with Crippen molar-refractivity contribution in [1.29, 1.82) is 0 Å². The highest BCUT2D eigenvalue weighted by Crippen LogP contribution is 2.21. The average Bonchev–Trinajstić information content (AvgIpc) is 2.25. The van der Waals surface area contributed by atoms with Gasteiger partial charge < -0.3 is 10.1 Å². The lowest BCUT2D eigenvalue weighted by molar-refractivity contribution is 0.246. The fourth-order valence-electron chi connectivity index (χ4n) is 1.27. The van der Waals surface area contributed by atoms with Gasteiger partial charge in [-0.05, 0) is 24.7 Å². The smallest absolute Gasteiger partial charge is 0.166 e. The maximum atomic E-state index is 13.4. The van der Waals surface area contributed by atoms with E-state index < -0.39 is 0 Å². The molecule has 0 aromatic heterocycles. The molecule has 1 atom stereocenters. The van der Waals surface area contributed by atoms with Crippen LogP contribution in [0.2, 0.25) is 0 Å². The number of hydrogen-bond acceptors (Lipinski definition) is 2. The van der Waals surface area contributed by atoms with E-state index in [0.717, 1.165) is 17.6 Å². The molecule has 0 spiro atoms. The van der Waals surface area contributed by atoms with Crippen LogP contribution in [0.3, 0.4) is 0 Å². The molecule has 2 nitrogen and oxygen atoms in total. The summed E-state index contributed by atoms with van der Waals surface area (Å²) in [7, 11) is 0. The van der Waals surface area contributed by atoms with Gasteiger partial charge in [0, 0.05) is 16.9 Å². The van der Waals surface area contributed by atoms with Crippen LogP contribution in [0.25, 0.3) is 0 Å². The van der Waals surface area contributed by atoms with Crippen LogP contribution in [0.1, 0.15) is 13.8 Å². The summed E-state index contributed by atoms with van der Waals surface area (Å²) in [6.07, 6.45) is 0. The van der Waals surface area contributed by atoms with Crippen LogP contribution >= 0.6 is 15.9 Å². The molecule has 0 bridgehead atoms. The van der Waals surface area contributed by atoms with Gasteiger partial charge in [0.15, 0.2) is 11.6 Å². The van der Waals surface area contributed by atoms with Crippen molar-refractivity contribution in [3.05, 3.63) is 28.5 Å². The lowest BCUT2D eigenvalue weighted by atomic mass is 10.2. The fourth-order valence-corrected chi connectivity index (χ4v) is 1.61. The SMILES string of the molecule is CCNCC(C)COc1ccc(Br)cc1F. The summed E-state index contributed by atoms with van der Waals surface area (Å²) in [5.41, 5.74) is 0. The van der Waals surface area contributed by atoms with Gasteiger partial charge in [0.25, 0.3) is 0 Å². The van der Waals surface area contributed by atoms with Gasteiger partial charge in [-0.2, -0.15) is 0 Å². The van der Waals surface area contributed by atoms with Crippen molar-refractivity contribution in [2.75, 3.05) is 19.7 Å². The number of hydrogen-bond donors (Lipinski definition) is 1. The highest BCUT2D eigenvalue weighted by atomic mass is 79.9. The van der Waals surface area contributed by atoms with E-state index >= 15 is 0 Å². The van der Waals surface area contributed by atoms with Crippen LogP contribution in [-0.4, -0.2) is 19.7 Å². The van der Waals surface area contributed by atoms with E-state index in [1.807, 2.05) is 0 Å². The molecular formula is C12H17BrFNO. The van der Waals surface area contributed by atoms with Crippen LogP contribution in [0.5, 0.6) is 5.75 Å². The van der Waals surface area contributed by atoms with Gasteiger partial charge in [0.05, 0.1) is 6.61 Å². The average molecular weight is 290 g/mol. The molecule has 0 aliphatic carbocycles. The van der Waals surface area contributed by atoms with E-state index in [-0.39, 0.29) is 5.82 Å². The summed E-state index contributed by atoms with van der Waals surface area (Å²) < 4.78 is 19.5. The lowest BCUT2D eigenvalue weighted by Crippen LogP contribution is -2.24. The Balaban J connectivity index is 2.42. The fraction of sp³-hybridized carbons (Fsp3) is 0.500. The first-order valence-electron chi connectivity index (χ1n) is 5.42. The topological polar surface area (TPSA) is 21.3 Å². The molecule has 1 aromatic rings. The summed E-state index contributed by atoms with van der Waals surface area (Å²) in [6, 6.07) is 4.82. The third-order valence-corrected chi connectivity index (χ3v) is 2.65. The monoisotopic (exact) mass is 289 g/mol. The Morgan fingerprint density at radius 3 is 2.88 bits per heavy atom. The summed E-state index contributed by atoms with van der Waals surface area (Å²) in [6.45, 7) is 6.47. The second-order valence-corrected chi connectivity index (χ2v) is 4.71. The molecule has 1 unspecified atom stereocenters. The van der Waals surface area contributed by atoms with E-state index in [4.69, 9.17) is 4.74 Å². The molecule has 16 heavy (non-hydrogen) atoms. The molecular weight excluding hydrogens is 273 g/mol. The predicted octanol–water partition coefficient (Wildman–Crippen LogP) is 3.21. The van der Waals surface area contributed by atoms with E-state index in [1.165, 1.54) is 6.07 Å². The van der Waals surface area contributed by atoms with Gasteiger partial charge in [-0.15, -0.1) is 0 Å². The van der Waals surface area contributed by atoms with Crippen LogP contribution in [0, 0.1) is 11.7 Å². The maximum absolute atomic E-state index is 13.4. The lowest BCUT2D eigenvalue weighted by Gasteiger charge is -2.13. The third kappa shape index (κ3) is 4.49. The molecule has 0 aliphatic rings. The van der Waals surface area contributed by atoms with Crippen molar-refractivity contribution >= 4 is 15.9 Å². The number of nitrogens with one attached hydrogen (secondary N) is 1. The Hall–Kier alpha value is -0.610. The molecule has 1 N–H and O–H groups in total. The first-order chi connectivity index (χ1) is 7.63. The molecule has 1 aromatic carbocycles. The molecule has 0 saturated carbocycles. The first kappa shape index (κ1) is 13.5. The van der Waals surface area contributed by atoms with Crippen molar-refractivity contribution in [3.63, 3.8) is 0 Å². The Bertz CT molecular complexity index is 333. The second-order valence-electron chi connectivity index (χ2n) is 3.80. The minimum absolute atomic E-state index is 0.312. The predicted molar refractivity (Wildman–Crippen MR) is 67.3 cm³/mol. The summed E-state index contributed by atoms with van der Waals surface area (Å²) in [4.78, 5) is 0. The van der Waals surface area contributed by atoms with E-state index in [0.29, 0.717) is 18.3 Å². The minimum atomic E-state index is -0.329. The molecule has 0 radical (unpaired) electrons. The minimum Gasteiger partial charge on any atom is -0.490 e. The summed E-state index contributed by atoms with van der Waals surface area (Å²) >= 11 is 3.20. The van der Waals surface area contributed by atoms with Crippen molar-refractivity contribution in [1.82, 2.24) is 5.32 Å². The van der Waals surface area contributed by atoms with E-state index in [1.54, 1.807) is 12.1 Å². The van der Waals surface area contributed by atoms with E-state index in [9.17, 15) is 4.39 Å². The Morgan fingerprint density at radius 2 is 2.25 bits per heavy atom. The van der Waals surface area contributed by atoms with Gasteiger partial charge in [0.1, 0.15) is 0 Å². The van der Waals surface area contributed by atoms with Crippen molar-refractivity contribution in [3.8, 4) is 5.75 Å². The van der Waals surface area contributed by atoms with Crippen molar-refractivity contribution in [2.45, 2.75) is 13.8 Å². The zero-order chi connectivity index (χ0) is 12.0. The van der Waals surface area contributed by atoms with Gasteiger partial charge in [-0.1, -0.05) is 29.8 Å². The van der Waals surface area contributed by atoms with Gasteiger partial charge in [-0.25, -0.2) is 4.39 Å². The zero-order valence-electron chi connectivity index (χ0n) is 9.59. The molecule has 0 saturated heterocycles. The molecule has 0 fully saturated rings. The molecule has 90 valence electrons.